The third kappa shape index (κ3) is 3.37. The number of hydrogen-bond donors (Lipinski definition) is 1. The molecule has 0 amide bonds. The maximum absolute atomic E-state index is 5.56. The van der Waals surface area contributed by atoms with E-state index in [2.05, 4.69) is 30.0 Å². The molecule has 0 atom stereocenters. The third-order valence-electron chi connectivity index (χ3n) is 3.35. The Labute approximate surface area is 104 Å². The van der Waals surface area contributed by atoms with Gasteiger partial charge in [-0.25, -0.2) is 0 Å². The van der Waals surface area contributed by atoms with Crippen molar-refractivity contribution < 1.29 is 4.74 Å². The maximum atomic E-state index is 5.56. The fourth-order valence-electron chi connectivity index (χ4n) is 2.21. The van der Waals surface area contributed by atoms with Crippen LogP contribution in [0.25, 0.3) is 0 Å². The highest BCUT2D eigenvalue weighted by atomic mass is 16.5. The minimum Gasteiger partial charge on any atom is -0.492 e. The number of benzene rings is 1. The number of ether oxygens (including phenoxy) is 1. The van der Waals surface area contributed by atoms with Gasteiger partial charge >= 0.3 is 0 Å². The van der Waals surface area contributed by atoms with Gasteiger partial charge in [0.05, 0.1) is 0 Å². The number of piperidine rings is 1. The Morgan fingerprint density at radius 2 is 2.12 bits per heavy atom. The standard InChI is InChI=1S/C14H22N2O/c1-12-5-8-16(9-6-12)13-3-2-4-14(11-13)17-10-7-15/h2-4,11-12H,5-10,15H2,1H3. The van der Waals surface area contributed by atoms with Crippen LogP contribution in [0.2, 0.25) is 0 Å². The molecule has 0 aliphatic carbocycles. The molecular weight excluding hydrogens is 212 g/mol. The Morgan fingerprint density at radius 3 is 2.82 bits per heavy atom. The average Bonchev–Trinajstić information content (AvgIpc) is 2.37. The lowest BCUT2D eigenvalue weighted by atomic mass is 9.99. The van der Waals surface area contributed by atoms with Crippen molar-refractivity contribution in [1.29, 1.82) is 0 Å². The zero-order chi connectivity index (χ0) is 12.1. The second kappa shape index (κ2) is 5.92. The minimum absolute atomic E-state index is 0.561. The molecule has 17 heavy (non-hydrogen) atoms. The van der Waals surface area contributed by atoms with Gasteiger partial charge in [0.25, 0.3) is 0 Å². The fourth-order valence-corrected chi connectivity index (χ4v) is 2.21. The van der Waals surface area contributed by atoms with E-state index in [1.165, 1.54) is 18.5 Å². The predicted octanol–water partition coefficient (Wildman–Crippen LogP) is 2.26. The van der Waals surface area contributed by atoms with Crippen molar-refractivity contribution in [3.63, 3.8) is 0 Å². The molecule has 1 aliphatic heterocycles. The summed E-state index contributed by atoms with van der Waals surface area (Å²) in [4.78, 5) is 2.44. The van der Waals surface area contributed by atoms with Gasteiger partial charge in [-0.15, -0.1) is 0 Å². The molecule has 94 valence electrons. The van der Waals surface area contributed by atoms with Gasteiger partial charge in [-0.3, -0.25) is 0 Å². The van der Waals surface area contributed by atoms with E-state index in [1.54, 1.807) is 0 Å². The zero-order valence-electron chi connectivity index (χ0n) is 10.6. The monoisotopic (exact) mass is 234 g/mol. The van der Waals surface area contributed by atoms with Crippen LogP contribution in [-0.4, -0.2) is 26.2 Å². The molecule has 1 aromatic rings. The summed E-state index contributed by atoms with van der Waals surface area (Å²) in [6.07, 6.45) is 2.57. The number of hydrogen-bond acceptors (Lipinski definition) is 3. The van der Waals surface area contributed by atoms with E-state index in [0.717, 1.165) is 24.8 Å². The van der Waals surface area contributed by atoms with Crippen molar-refractivity contribution >= 4 is 5.69 Å². The van der Waals surface area contributed by atoms with E-state index in [-0.39, 0.29) is 0 Å². The van der Waals surface area contributed by atoms with Gasteiger partial charge < -0.3 is 15.4 Å². The first-order valence-electron chi connectivity index (χ1n) is 6.47. The number of rotatable bonds is 4. The Kier molecular flexibility index (Phi) is 4.26. The Balaban J connectivity index is 2.00. The SMILES string of the molecule is CC1CCN(c2cccc(OCCN)c2)CC1. The van der Waals surface area contributed by atoms with Gasteiger partial charge in [0, 0.05) is 31.4 Å². The zero-order valence-corrected chi connectivity index (χ0v) is 10.6. The van der Waals surface area contributed by atoms with E-state index in [0.29, 0.717) is 13.2 Å². The lowest BCUT2D eigenvalue weighted by molar-refractivity contribution is 0.328. The average molecular weight is 234 g/mol. The summed E-state index contributed by atoms with van der Waals surface area (Å²) >= 11 is 0. The summed E-state index contributed by atoms with van der Waals surface area (Å²) in [5.41, 5.74) is 6.71. The number of nitrogens with zero attached hydrogens (tertiary/aromatic N) is 1. The first-order chi connectivity index (χ1) is 8.29. The molecule has 0 radical (unpaired) electrons. The summed E-state index contributed by atoms with van der Waals surface area (Å²) in [5, 5.41) is 0. The maximum Gasteiger partial charge on any atom is 0.121 e. The molecule has 1 heterocycles. The van der Waals surface area contributed by atoms with Crippen LogP contribution in [0.4, 0.5) is 5.69 Å². The summed E-state index contributed by atoms with van der Waals surface area (Å²) < 4.78 is 5.56. The van der Waals surface area contributed by atoms with E-state index >= 15 is 0 Å². The second-order valence-electron chi connectivity index (χ2n) is 4.80. The lowest BCUT2D eigenvalue weighted by Gasteiger charge is -2.32. The predicted molar refractivity (Wildman–Crippen MR) is 71.6 cm³/mol. The van der Waals surface area contributed by atoms with Gasteiger partial charge in [-0.2, -0.15) is 0 Å². The summed E-state index contributed by atoms with van der Waals surface area (Å²) in [6, 6.07) is 8.32. The van der Waals surface area contributed by atoms with E-state index in [1.807, 2.05) is 6.07 Å². The Hall–Kier alpha value is -1.22. The van der Waals surface area contributed by atoms with Crippen LogP contribution in [0.1, 0.15) is 19.8 Å². The first kappa shape index (κ1) is 12.2. The van der Waals surface area contributed by atoms with Crippen molar-refractivity contribution in [2.75, 3.05) is 31.1 Å². The molecule has 1 fully saturated rings. The fraction of sp³-hybridized carbons (Fsp3) is 0.571. The van der Waals surface area contributed by atoms with Crippen LogP contribution in [-0.2, 0) is 0 Å². The number of anilines is 1. The Bertz CT molecular complexity index is 346. The highest BCUT2D eigenvalue weighted by Crippen LogP contribution is 2.25. The molecule has 1 saturated heterocycles. The van der Waals surface area contributed by atoms with Crippen molar-refractivity contribution in [2.24, 2.45) is 11.7 Å². The highest BCUT2D eigenvalue weighted by Gasteiger charge is 2.16. The highest BCUT2D eigenvalue weighted by molar-refractivity contribution is 5.51. The van der Waals surface area contributed by atoms with Gasteiger partial charge in [0.2, 0.25) is 0 Å². The smallest absolute Gasteiger partial charge is 0.121 e. The van der Waals surface area contributed by atoms with Crippen LogP contribution in [0.15, 0.2) is 24.3 Å². The van der Waals surface area contributed by atoms with Gasteiger partial charge in [0.15, 0.2) is 0 Å². The molecule has 0 spiro atoms. The van der Waals surface area contributed by atoms with Gasteiger partial charge in [-0.1, -0.05) is 13.0 Å². The normalized spacial score (nSPS) is 17.2. The van der Waals surface area contributed by atoms with Crippen LogP contribution >= 0.6 is 0 Å². The molecule has 3 heteroatoms. The van der Waals surface area contributed by atoms with Crippen LogP contribution in [0, 0.1) is 5.92 Å². The molecular formula is C14H22N2O. The summed E-state index contributed by atoms with van der Waals surface area (Å²) in [6.45, 7) is 5.78. The van der Waals surface area contributed by atoms with Crippen molar-refractivity contribution in [3.05, 3.63) is 24.3 Å². The summed E-state index contributed by atoms with van der Waals surface area (Å²) in [7, 11) is 0. The first-order valence-corrected chi connectivity index (χ1v) is 6.47. The molecule has 2 N–H and O–H groups in total. The molecule has 2 rings (SSSR count). The molecule has 1 aliphatic rings. The van der Waals surface area contributed by atoms with Crippen LogP contribution < -0.4 is 15.4 Å². The van der Waals surface area contributed by atoms with Crippen LogP contribution in [0.5, 0.6) is 5.75 Å². The van der Waals surface area contributed by atoms with E-state index in [4.69, 9.17) is 10.5 Å². The molecule has 0 aromatic heterocycles. The van der Waals surface area contributed by atoms with Gasteiger partial charge in [0.1, 0.15) is 12.4 Å². The molecule has 3 nitrogen and oxygen atoms in total. The Morgan fingerprint density at radius 1 is 1.35 bits per heavy atom. The molecule has 0 bridgehead atoms. The third-order valence-corrected chi connectivity index (χ3v) is 3.35. The second-order valence-corrected chi connectivity index (χ2v) is 4.80. The van der Waals surface area contributed by atoms with Crippen LogP contribution in [0.3, 0.4) is 0 Å². The quantitative estimate of drug-likeness (QED) is 0.868. The largest absolute Gasteiger partial charge is 0.492 e. The lowest BCUT2D eigenvalue weighted by Crippen LogP contribution is -2.32. The summed E-state index contributed by atoms with van der Waals surface area (Å²) in [5.74, 6) is 1.79. The van der Waals surface area contributed by atoms with Crippen molar-refractivity contribution in [3.8, 4) is 5.75 Å². The minimum atomic E-state index is 0.561. The number of nitrogens with two attached hydrogens (primary N) is 1. The van der Waals surface area contributed by atoms with E-state index < -0.39 is 0 Å². The molecule has 0 saturated carbocycles. The topological polar surface area (TPSA) is 38.5 Å². The van der Waals surface area contributed by atoms with Gasteiger partial charge in [-0.05, 0) is 30.9 Å². The molecule has 0 unspecified atom stereocenters. The van der Waals surface area contributed by atoms with Crippen molar-refractivity contribution in [1.82, 2.24) is 0 Å². The molecule has 1 aromatic carbocycles. The van der Waals surface area contributed by atoms with E-state index in [9.17, 15) is 0 Å². The van der Waals surface area contributed by atoms with Crippen molar-refractivity contribution in [2.45, 2.75) is 19.8 Å².